The van der Waals surface area contributed by atoms with Crippen LogP contribution in [0.3, 0.4) is 0 Å². The highest BCUT2D eigenvalue weighted by molar-refractivity contribution is 5.98. The minimum atomic E-state index is -0.771. The van der Waals surface area contributed by atoms with Crippen molar-refractivity contribution in [3.63, 3.8) is 0 Å². The Hall–Kier alpha value is -5.33. The molecule has 12 nitrogen and oxygen atoms in total. The number of hydrogen-bond acceptors (Lipinski definition) is 8. The minimum Gasteiger partial charge on any atom is -0.504 e. The number of pyridine rings is 2. The van der Waals surface area contributed by atoms with E-state index in [0.29, 0.717) is 28.3 Å². The van der Waals surface area contributed by atoms with Crippen molar-refractivity contribution in [3.05, 3.63) is 110 Å². The molecule has 1 saturated heterocycles. The second kappa shape index (κ2) is 11.6. The molecule has 268 valence electrons. The number of H-pyrrole nitrogens is 2. The van der Waals surface area contributed by atoms with E-state index in [2.05, 4.69) is 49.8 Å². The number of fused-ring (bicyclic) bond motifs is 1. The molecule has 2 bridgehead atoms. The third kappa shape index (κ3) is 4.43. The van der Waals surface area contributed by atoms with E-state index in [-0.39, 0.29) is 41.6 Å². The van der Waals surface area contributed by atoms with Gasteiger partial charge in [-0.15, -0.1) is 0 Å². The molecule has 4 aliphatic rings. The number of aryl methyl sites for hydroxylation is 1. The van der Waals surface area contributed by atoms with Gasteiger partial charge in [-0.1, -0.05) is 19.1 Å². The number of likely N-dealkylation sites (N-methyl/N-ethyl adjacent to an activating group) is 1. The van der Waals surface area contributed by atoms with Gasteiger partial charge in [0.15, 0.2) is 11.5 Å². The molecule has 6 heterocycles. The van der Waals surface area contributed by atoms with Crippen molar-refractivity contribution in [1.82, 2.24) is 29.8 Å². The number of rotatable bonds is 7. The summed E-state index contributed by atoms with van der Waals surface area (Å²) in [6.45, 7) is 6.70. The van der Waals surface area contributed by atoms with Crippen LogP contribution in [0.4, 0.5) is 0 Å². The molecule has 1 aromatic carbocycles. The average molecular weight is 703 g/mol. The van der Waals surface area contributed by atoms with Gasteiger partial charge in [0.25, 0.3) is 11.5 Å². The summed E-state index contributed by atoms with van der Waals surface area (Å²) in [5, 5.41) is 33.1. The fourth-order valence-electron chi connectivity index (χ4n) is 9.95. The lowest BCUT2D eigenvalue weighted by molar-refractivity contribution is -0.0454. The van der Waals surface area contributed by atoms with E-state index in [1.54, 1.807) is 19.2 Å². The van der Waals surface area contributed by atoms with E-state index in [1.165, 1.54) is 7.11 Å². The molecule has 1 fully saturated rings. The van der Waals surface area contributed by atoms with Crippen LogP contribution in [0.15, 0.2) is 59.7 Å². The van der Waals surface area contributed by atoms with Gasteiger partial charge in [-0.3, -0.25) is 14.7 Å². The SMILES string of the molecule is COc1cc(C)[nH]c(=O)c1CNC(=O)c1cc2c(-c3ccn[nH]3)ccn2c(C(C)c2cc(O)c3c4c2C[C@@H]2[C@@H]5C=C[C@H](O)[C@H](O3)[C@]45CCN2C)c1C. The topological polar surface area (TPSA) is 157 Å². The lowest BCUT2D eigenvalue weighted by Crippen LogP contribution is -2.64. The fourth-order valence-corrected chi connectivity index (χ4v) is 9.95. The number of aliphatic hydroxyl groups excluding tert-OH is 1. The lowest BCUT2D eigenvalue weighted by atomic mass is 9.52. The highest BCUT2D eigenvalue weighted by Crippen LogP contribution is 2.63. The van der Waals surface area contributed by atoms with Crippen LogP contribution in [0.5, 0.6) is 17.2 Å². The van der Waals surface area contributed by atoms with Gasteiger partial charge in [-0.05, 0) is 87.3 Å². The molecular formula is C40H42N6O6. The van der Waals surface area contributed by atoms with E-state index in [0.717, 1.165) is 64.1 Å². The number of ether oxygens (including phenoxy) is 2. The number of aromatic amines is 2. The Labute approximate surface area is 300 Å². The molecule has 1 unspecified atom stereocenters. The second-order valence-electron chi connectivity index (χ2n) is 14.9. The lowest BCUT2D eigenvalue weighted by Gasteiger charge is -2.56. The van der Waals surface area contributed by atoms with Gasteiger partial charge in [0.05, 0.1) is 30.4 Å². The first kappa shape index (κ1) is 32.6. The van der Waals surface area contributed by atoms with Crippen LogP contribution < -0.4 is 20.3 Å². The number of phenolic OH excluding ortho intramolecular Hbond substituents is 1. The van der Waals surface area contributed by atoms with Gasteiger partial charge in [0.2, 0.25) is 0 Å². The fraction of sp³-hybridized carbons (Fsp3) is 0.375. The number of aliphatic hydroxyl groups is 1. The van der Waals surface area contributed by atoms with Crippen molar-refractivity contribution in [2.24, 2.45) is 5.92 Å². The van der Waals surface area contributed by atoms with E-state index < -0.39 is 17.6 Å². The summed E-state index contributed by atoms with van der Waals surface area (Å²) in [5.41, 5.74) is 8.02. The highest BCUT2D eigenvalue weighted by atomic mass is 16.5. The molecule has 12 heteroatoms. The van der Waals surface area contributed by atoms with Crippen LogP contribution in [0.25, 0.3) is 16.8 Å². The standard InChI is InChI=1S/C40H42N6O6/c1-19-14-33(51-5)26(39(50)43-19)18-41-38(49)24-15-29-22(28-8-11-42-44-28)9-12-46(29)35(21(24)3)20(2)23-17-32(48)36-34-25(23)16-30-27-6-7-31(47)37(52-36)40(27,34)10-13-45(30)4/h6-9,11-12,14-15,17,20,27,30-31,37,47-48H,10,13,16,18H2,1-5H3,(H,41,49)(H,42,44)(H,43,50)/t20?,27-,30+,31-,37-,40-/m0/s1. The molecule has 52 heavy (non-hydrogen) atoms. The Balaban J connectivity index is 1.20. The van der Waals surface area contributed by atoms with Gasteiger partial charge >= 0.3 is 0 Å². The molecule has 4 aromatic heterocycles. The van der Waals surface area contributed by atoms with Crippen LogP contribution >= 0.6 is 0 Å². The summed E-state index contributed by atoms with van der Waals surface area (Å²) >= 11 is 0. The van der Waals surface area contributed by atoms with Crippen LogP contribution in [0, 0.1) is 19.8 Å². The highest BCUT2D eigenvalue weighted by Gasteiger charge is 2.64. The van der Waals surface area contributed by atoms with Crippen molar-refractivity contribution in [2.75, 3.05) is 20.7 Å². The number of amides is 1. The Morgan fingerprint density at radius 2 is 2.06 bits per heavy atom. The number of aromatic nitrogens is 4. The number of nitrogens with one attached hydrogen (secondary N) is 3. The number of hydrogen-bond donors (Lipinski definition) is 5. The number of phenols is 1. The van der Waals surface area contributed by atoms with Crippen LogP contribution in [-0.4, -0.2) is 79.6 Å². The van der Waals surface area contributed by atoms with Crippen LogP contribution in [0.2, 0.25) is 0 Å². The van der Waals surface area contributed by atoms with Crippen molar-refractivity contribution in [1.29, 1.82) is 0 Å². The monoisotopic (exact) mass is 702 g/mol. The molecule has 1 amide bonds. The maximum atomic E-state index is 14.2. The van der Waals surface area contributed by atoms with E-state index in [9.17, 15) is 19.8 Å². The number of benzene rings is 1. The molecule has 9 rings (SSSR count). The molecule has 2 aliphatic carbocycles. The van der Waals surface area contributed by atoms with Crippen LogP contribution in [0.1, 0.15) is 68.8 Å². The zero-order valence-electron chi connectivity index (χ0n) is 29.8. The van der Waals surface area contributed by atoms with Gasteiger partial charge in [-0.2, -0.15) is 5.10 Å². The predicted molar refractivity (Wildman–Crippen MR) is 194 cm³/mol. The Morgan fingerprint density at radius 3 is 2.83 bits per heavy atom. The number of nitrogens with zero attached hydrogens (tertiary/aromatic N) is 3. The number of aromatic hydroxyl groups is 1. The summed E-state index contributed by atoms with van der Waals surface area (Å²) in [5.74, 6) is 0.516. The summed E-state index contributed by atoms with van der Waals surface area (Å²) in [7, 11) is 3.67. The average Bonchev–Trinajstić information content (AvgIpc) is 3.88. The van der Waals surface area contributed by atoms with E-state index in [1.807, 2.05) is 43.5 Å². The normalized spacial score (nSPS) is 24.8. The zero-order valence-corrected chi connectivity index (χ0v) is 29.8. The molecule has 0 saturated carbocycles. The molecule has 6 atom stereocenters. The summed E-state index contributed by atoms with van der Waals surface area (Å²) in [4.78, 5) is 32.3. The maximum absolute atomic E-state index is 14.2. The smallest absolute Gasteiger partial charge is 0.256 e. The third-order valence-corrected chi connectivity index (χ3v) is 12.4. The largest absolute Gasteiger partial charge is 0.504 e. The molecular weight excluding hydrogens is 660 g/mol. The first-order valence-corrected chi connectivity index (χ1v) is 17.8. The first-order valence-electron chi connectivity index (χ1n) is 17.8. The van der Waals surface area contributed by atoms with Gasteiger partial charge in [0, 0.05) is 63.8 Å². The summed E-state index contributed by atoms with van der Waals surface area (Å²) in [6, 6.07) is 9.56. The molecule has 2 aliphatic heterocycles. The summed E-state index contributed by atoms with van der Waals surface area (Å²) < 4.78 is 14.1. The van der Waals surface area contributed by atoms with Gasteiger partial charge in [-0.25, -0.2) is 0 Å². The van der Waals surface area contributed by atoms with Gasteiger partial charge in [0.1, 0.15) is 18.0 Å². The second-order valence-corrected chi connectivity index (χ2v) is 14.9. The maximum Gasteiger partial charge on any atom is 0.256 e. The van der Waals surface area contributed by atoms with E-state index >= 15 is 0 Å². The molecule has 0 radical (unpaired) electrons. The number of methoxy groups -OCH3 is 1. The minimum absolute atomic E-state index is 0.0238. The quantitative estimate of drug-likeness (QED) is 0.158. The van der Waals surface area contributed by atoms with Crippen molar-refractivity contribution in [3.8, 4) is 28.5 Å². The van der Waals surface area contributed by atoms with Crippen LogP contribution in [-0.2, 0) is 18.4 Å². The molecule has 1 spiro atoms. The number of carbonyl (C=O) groups excluding carboxylic acids is 1. The van der Waals surface area contributed by atoms with Gasteiger partial charge < -0.3 is 39.3 Å². The number of carbonyl (C=O) groups is 1. The Bertz CT molecular complexity index is 2380. The number of piperidine rings is 1. The van der Waals surface area contributed by atoms with Crippen molar-refractivity contribution < 1.29 is 24.5 Å². The Morgan fingerprint density at radius 1 is 1.23 bits per heavy atom. The predicted octanol–water partition coefficient (Wildman–Crippen LogP) is 4.24. The first-order chi connectivity index (χ1) is 25.0. The summed E-state index contributed by atoms with van der Waals surface area (Å²) in [6.07, 6.45) is 8.08. The Kier molecular flexibility index (Phi) is 7.26. The molecule has 5 aromatic rings. The van der Waals surface area contributed by atoms with Crippen molar-refractivity contribution >= 4 is 11.4 Å². The van der Waals surface area contributed by atoms with Crippen molar-refractivity contribution in [2.45, 2.75) is 69.7 Å². The third-order valence-electron chi connectivity index (χ3n) is 12.4. The number of likely N-dealkylation sites (tertiary alicyclic amines) is 1. The molecule has 5 N–H and O–H groups in total. The van der Waals surface area contributed by atoms with E-state index in [4.69, 9.17) is 9.47 Å². The zero-order chi connectivity index (χ0) is 36.2.